The Morgan fingerprint density at radius 3 is 2.29 bits per heavy atom. The van der Waals surface area contributed by atoms with Gasteiger partial charge in [-0.05, 0) is 30.7 Å². The fourth-order valence-electron chi connectivity index (χ4n) is 4.92. The molecule has 10 nitrogen and oxygen atoms in total. The van der Waals surface area contributed by atoms with E-state index in [0.29, 0.717) is 31.2 Å². The van der Waals surface area contributed by atoms with Crippen molar-refractivity contribution in [3.63, 3.8) is 0 Å². The fraction of sp³-hybridized carbons (Fsp3) is 0.560. The molecule has 10 heteroatoms. The molecule has 1 aliphatic carbocycles. The van der Waals surface area contributed by atoms with Crippen LogP contribution in [0, 0.1) is 11.8 Å². The van der Waals surface area contributed by atoms with Gasteiger partial charge in [-0.25, -0.2) is 4.79 Å². The van der Waals surface area contributed by atoms with Crippen molar-refractivity contribution in [2.45, 2.75) is 69.5 Å². The van der Waals surface area contributed by atoms with Crippen LogP contribution in [-0.2, 0) is 19.2 Å². The van der Waals surface area contributed by atoms with Crippen molar-refractivity contribution < 1.29 is 29.1 Å². The Kier molecular flexibility index (Phi) is 9.63. The average Bonchev–Trinajstić information content (AvgIpc) is 3.26. The Morgan fingerprint density at radius 1 is 0.971 bits per heavy atom. The van der Waals surface area contributed by atoms with Crippen LogP contribution >= 0.6 is 0 Å². The predicted molar refractivity (Wildman–Crippen MR) is 127 cm³/mol. The van der Waals surface area contributed by atoms with Gasteiger partial charge in [0.25, 0.3) is 0 Å². The van der Waals surface area contributed by atoms with E-state index in [4.69, 9.17) is 0 Å². The molecule has 35 heavy (non-hydrogen) atoms. The van der Waals surface area contributed by atoms with Crippen LogP contribution in [0.3, 0.4) is 0 Å². The maximum atomic E-state index is 13.2. The van der Waals surface area contributed by atoms with Crippen LogP contribution in [0.4, 0.5) is 4.79 Å². The standard InChI is InChI=1S/C25H34N4O6/c30-15-19(14-18-11-12-26-22(18)31)27-23(32)20(13-16-7-3-1-4-8-16)28-24(33)21(29-25(34)35)17-9-5-2-6-10-17/h2,5-6,9-10,15-16,18-21,29H,1,3-4,7-8,11-14H2,(H,26,31)(H,27,32)(H,28,33)(H,34,35)/t18?,19?,20?,21-/m0/s1. The van der Waals surface area contributed by atoms with Gasteiger partial charge in [0.15, 0.2) is 0 Å². The summed E-state index contributed by atoms with van der Waals surface area (Å²) in [5.41, 5.74) is 0.447. The van der Waals surface area contributed by atoms with Gasteiger partial charge in [0.05, 0.1) is 6.04 Å². The highest BCUT2D eigenvalue weighted by atomic mass is 16.4. The first kappa shape index (κ1) is 26.2. The van der Waals surface area contributed by atoms with Gasteiger partial charge in [-0.1, -0.05) is 62.4 Å². The zero-order valence-electron chi connectivity index (χ0n) is 19.7. The summed E-state index contributed by atoms with van der Waals surface area (Å²) in [7, 11) is 0. The van der Waals surface area contributed by atoms with Gasteiger partial charge in [-0.3, -0.25) is 14.4 Å². The Labute approximate surface area is 204 Å². The Hall–Kier alpha value is -3.43. The summed E-state index contributed by atoms with van der Waals surface area (Å²) in [5, 5.41) is 19.6. The lowest BCUT2D eigenvalue weighted by molar-refractivity contribution is -0.131. The second-order valence-electron chi connectivity index (χ2n) is 9.36. The molecule has 0 spiro atoms. The Balaban J connectivity index is 1.73. The minimum absolute atomic E-state index is 0.136. The minimum atomic E-state index is -1.36. The van der Waals surface area contributed by atoms with Gasteiger partial charge >= 0.3 is 6.09 Å². The Morgan fingerprint density at radius 2 is 1.69 bits per heavy atom. The third-order valence-electron chi connectivity index (χ3n) is 6.78. The topological polar surface area (TPSA) is 154 Å². The van der Waals surface area contributed by atoms with E-state index in [1.807, 2.05) is 0 Å². The van der Waals surface area contributed by atoms with Crippen LogP contribution < -0.4 is 21.3 Å². The van der Waals surface area contributed by atoms with Crippen LogP contribution in [0.1, 0.15) is 63.0 Å². The molecule has 1 saturated heterocycles. The summed E-state index contributed by atoms with van der Waals surface area (Å²) in [4.78, 5) is 61.3. The number of aldehydes is 1. The summed E-state index contributed by atoms with van der Waals surface area (Å²) in [6, 6.07) is 5.41. The quantitative estimate of drug-likeness (QED) is 0.300. The average molecular weight is 487 g/mol. The molecule has 2 fully saturated rings. The van der Waals surface area contributed by atoms with Crippen molar-refractivity contribution >= 4 is 30.1 Å². The first-order valence-corrected chi connectivity index (χ1v) is 12.3. The molecule has 0 bridgehead atoms. The molecule has 3 rings (SSSR count). The first-order valence-electron chi connectivity index (χ1n) is 12.3. The maximum absolute atomic E-state index is 13.2. The number of nitrogens with one attached hydrogen (secondary N) is 4. The monoisotopic (exact) mass is 486 g/mol. The molecule has 190 valence electrons. The van der Waals surface area contributed by atoms with Gasteiger partial charge in [0.1, 0.15) is 18.4 Å². The molecular weight excluding hydrogens is 452 g/mol. The predicted octanol–water partition coefficient (Wildman–Crippen LogP) is 1.66. The van der Waals surface area contributed by atoms with Crippen molar-refractivity contribution in [2.75, 3.05) is 6.54 Å². The number of carbonyl (C=O) groups is 5. The maximum Gasteiger partial charge on any atom is 0.405 e. The van der Waals surface area contributed by atoms with E-state index in [-0.39, 0.29) is 24.2 Å². The highest BCUT2D eigenvalue weighted by Crippen LogP contribution is 2.28. The van der Waals surface area contributed by atoms with Crippen LogP contribution in [0.25, 0.3) is 0 Å². The van der Waals surface area contributed by atoms with Gasteiger partial charge < -0.3 is 31.2 Å². The normalized spacial score (nSPS) is 20.7. The molecule has 4 amide bonds. The number of carbonyl (C=O) groups excluding carboxylic acids is 4. The van der Waals surface area contributed by atoms with E-state index in [1.165, 1.54) is 0 Å². The third-order valence-corrected chi connectivity index (χ3v) is 6.78. The minimum Gasteiger partial charge on any atom is -0.465 e. The van der Waals surface area contributed by atoms with Crippen molar-refractivity contribution in [3.8, 4) is 0 Å². The van der Waals surface area contributed by atoms with Crippen LogP contribution in [0.15, 0.2) is 30.3 Å². The lowest BCUT2D eigenvalue weighted by atomic mass is 9.84. The summed E-state index contributed by atoms with van der Waals surface area (Å²) < 4.78 is 0. The van der Waals surface area contributed by atoms with Crippen LogP contribution in [0.5, 0.6) is 0 Å². The second kappa shape index (κ2) is 12.9. The SMILES string of the molecule is O=CC(CC1CCNC1=O)NC(=O)C(CC1CCCCC1)NC(=O)[C@@H](NC(=O)O)c1ccccc1. The van der Waals surface area contributed by atoms with Crippen LogP contribution in [-0.4, -0.2) is 53.8 Å². The molecule has 4 atom stereocenters. The van der Waals surface area contributed by atoms with Crippen LogP contribution in [0.2, 0.25) is 0 Å². The van der Waals surface area contributed by atoms with Gasteiger partial charge in [-0.2, -0.15) is 0 Å². The van der Waals surface area contributed by atoms with E-state index in [9.17, 15) is 29.1 Å². The molecule has 0 aromatic heterocycles. The van der Waals surface area contributed by atoms with Crippen molar-refractivity contribution in [1.82, 2.24) is 21.3 Å². The van der Waals surface area contributed by atoms with Crippen molar-refractivity contribution in [3.05, 3.63) is 35.9 Å². The molecule has 2 aliphatic rings. The number of carboxylic acid groups (broad SMARTS) is 1. The summed E-state index contributed by atoms with van der Waals surface area (Å²) >= 11 is 0. The Bertz CT molecular complexity index is 902. The highest BCUT2D eigenvalue weighted by Gasteiger charge is 2.33. The summed E-state index contributed by atoms with van der Waals surface area (Å²) in [5.74, 6) is -1.41. The van der Waals surface area contributed by atoms with E-state index in [1.54, 1.807) is 30.3 Å². The largest absolute Gasteiger partial charge is 0.465 e. The number of benzene rings is 1. The van der Waals surface area contributed by atoms with E-state index < -0.39 is 36.0 Å². The lowest BCUT2D eigenvalue weighted by Crippen LogP contribution is -2.53. The molecule has 1 aromatic rings. The molecular formula is C25H34N4O6. The fourth-order valence-corrected chi connectivity index (χ4v) is 4.92. The number of amides is 4. The first-order chi connectivity index (χ1) is 16.9. The zero-order chi connectivity index (χ0) is 25.2. The molecule has 5 N–H and O–H groups in total. The van der Waals surface area contributed by atoms with E-state index in [0.717, 1.165) is 32.1 Å². The smallest absolute Gasteiger partial charge is 0.405 e. The van der Waals surface area contributed by atoms with E-state index >= 15 is 0 Å². The molecule has 3 unspecified atom stereocenters. The number of hydrogen-bond acceptors (Lipinski definition) is 5. The summed E-state index contributed by atoms with van der Waals surface area (Å²) in [6.45, 7) is 0.542. The van der Waals surface area contributed by atoms with Gasteiger partial charge in [-0.15, -0.1) is 0 Å². The lowest BCUT2D eigenvalue weighted by Gasteiger charge is -2.29. The molecule has 0 radical (unpaired) electrons. The van der Waals surface area contributed by atoms with Crippen molar-refractivity contribution in [1.29, 1.82) is 0 Å². The second-order valence-corrected chi connectivity index (χ2v) is 9.36. The number of rotatable bonds is 11. The molecule has 1 heterocycles. The van der Waals surface area contributed by atoms with E-state index in [2.05, 4.69) is 21.3 Å². The number of hydrogen-bond donors (Lipinski definition) is 5. The van der Waals surface area contributed by atoms with Gasteiger partial charge in [0, 0.05) is 12.5 Å². The zero-order valence-corrected chi connectivity index (χ0v) is 19.7. The molecule has 1 saturated carbocycles. The van der Waals surface area contributed by atoms with Crippen molar-refractivity contribution in [2.24, 2.45) is 11.8 Å². The highest BCUT2D eigenvalue weighted by molar-refractivity contribution is 5.92. The molecule has 1 aromatic carbocycles. The molecule has 1 aliphatic heterocycles. The summed E-state index contributed by atoms with van der Waals surface area (Å²) in [6.07, 6.45) is 5.54. The van der Waals surface area contributed by atoms with Gasteiger partial charge in [0.2, 0.25) is 17.7 Å². The third kappa shape index (κ3) is 7.80.